The second-order valence-corrected chi connectivity index (χ2v) is 10.9. The summed E-state index contributed by atoms with van der Waals surface area (Å²) in [4.78, 5) is 49.5. The standard InChI is InChI=1S/C30H38N4O6/c35-28(36)17-18-31-29(37)24-11-9-21(10-12-24)20-33(30(38)32-25-7-4-8-27(19-25)34(39)40)26-15-13-23(14-16-26)22-5-2-1-3-6-22/h4,7-12,19,22-23,26H,1-3,5-6,13-18,20H2,(H3-,31,32,35,36,37,38,39,40)/p+1. The van der Waals surface area contributed by atoms with Crippen LogP contribution < -0.4 is 10.6 Å². The number of urea groups is 1. The van der Waals surface area contributed by atoms with Gasteiger partial charge in [-0.05, 0) is 61.3 Å². The van der Waals surface area contributed by atoms with Crippen LogP contribution >= 0.6 is 0 Å². The molecule has 2 aromatic carbocycles. The van der Waals surface area contributed by atoms with Crippen LogP contribution in [-0.2, 0) is 11.3 Å². The first-order chi connectivity index (χ1) is 19.3. The maximum absolute atomic E-state index is 13.6. The number of nitrogens with zero attached hydrogens (tertiary/aromatic N) is 2. The first-order valence-corrected chi connectivity index (χ1v) is 14.2. The van der Waals surface area contributed by atoms with Crippen LogP contribution in [0.15, 0.2) is 48.5 Å². The number of nitrogens with one attached hydrogen (secondary N) is 2. The highest BCUT2D eigenvalue weighted by Crippen LogP contribution is 2.39. The van der Waals surface area contributed by atoms with Gasteiger partial charge in [-0.25, -0.2) is 10.0 Å². The SMILES string of the molecule is O=C(O)CCNC(=O)c1ccc(CN(C(=O)Nc2cccc([N+](=O)O)c2)C2CCC(C3CCCCC3)CC2)cc1. The van der Waals surface area contributed by atoms with E-state index in [-0.39, 0.29) is 41.6 Å². The van der Waals surface area contributed by atoms with Gasteiger partial charge in [-0.3, -0.25) is 9.59 Å². The van der Waals surface area contributed by atoms with Crippen molar-refractivity contribution in [3.8, 4) is 0 Å². The summed E-state index contributed by atoms with van der Waals surface area (Å²) in [6.07, 6.45) is 10.5. The molecule has 10 heteroatoms. The normalized spacial score (nSPS) is 19.4. The van der Waals surface area contributed by atoms with Gasteiger partial charge < -0.3 is 20.6 Å². The molecule has 3 amide bonds. The summed E-state index contributed by atoms with van der Waals surface area (Å²) in [5.41, 5.74) is 1.71. The quantitative estimate of drug-likeness (QED) is 0.273. The molecular weight excluding hydrogens is 512 g/mol. The molecule has 4 rings (SSSR count). The Morgan fingerprint density at radius 2 is 1.57 bits per heavy atom. The molecule has 0 unspecified atom stereocenters. The molecule has 0 saturated heterocycles. The van der Waals surface area contributed by atoms with Gasteiger partial charge in [0, 0.05) is 42.5 Å². The zero-order chi connectivity index (χ0) is 28.5. The van der Waals surface area contributed by atoms with Gasteiger partial charge in [0.15, 0.2) is 0 Å². The fourth-order valence-corrected chi connectivity index (χ4v) is 6.10. The van der Waals surface area contributed by atoms with Crippen LogP contribution in [0, 0.1) is 16.7 Å². The van der Waals surface area contributed by atoms with Crippen LogP contribution in [0.25, 0.3) is 0 Å². The number of carboxylic acids is 1. The maximum Gasteiger partial charge on any atom is 0.322 e. The molecule has 4 N–H and O–H groups in total. The molecule has 214 valence electrons. The van der Waals surface area contributed by atoms with E-state index in [1.54, 1.807) is 24.3 Å². The Morgan fingerprint density at radius 3 is 2.23 bits per heavy atom. The van der Waals surface area contributed by atoms with Crippen LogP contribution in [0.1, 0.15) is 80.1 Å². The van der Waals surface area contributed by atoms with Crippen LogP contribution in [0.3, 0.4) is 0 Å². The van der Waals surface area contributed by atoms with Gasteiger partial charge in [0.05, 0.1) is 11.3 Å². The van der Waals surface area contributed by atoms with Gasteiger partial charge in [-0.1, -0.05) is 50.3 Å². The summed E-state index contributed by atoms with van der Waals surface area (Å²) in [5.74, 6) is 0.182. The van der Waals surface area contributed by atoms with E-state index in [0.717, 1.165) is 37.2 Å². The molecule has 0 aliphatic heterocycles. The average molecular weight is 552 g/mol. The molecule has 2 fully saturated rings. The summed E-state index contributed by atoms with van der Waals surface area (Å²) in [6, 6.07) is 12.9. The summed E-state index contributed by atoms with van der Waals surface area (Å²) >= 11 is 0. The van der Waals surface area contributed by atoms with Gasteiger partial charge in [-0.15, -0.1) is 0 Å². The van der Waals surface area contributed by atoms with E-state index in [1.165, 1.54) is 44.2 Å². The van der Waals surface area contributed by atoms with Crippen molar-refractivity contribution in [2.24, 2.45) is 11.8 Å². The van der Waals surface area contributed by atoms with Crippen molar-refractivity contribution in [1.82, 2.24) is 10.2 Å². The number of carbonyl (C=O) groups is 3. The first-order valence-electron chi connectivity index (χ1n) is 14.2. The number of hydrogen-bond donors (Lipinski definition) is 4. The monoisotopic (exact) mass is 551 g/mol. The molecule has 0 aromatic heterocycles. The fourth-order valence-electron chi connectivity index (χ4n) is 6.10. The molecule has 40 heavy (non-hydrogen) atoms. The van der Waals surface area contributed by atoms with Gasteiger partial charge in [0.1, 0.15) is 0 Å². The largest absolute Gasteiger partial charge is 0.481 e. The predicted molar refractivity (Wildman–Crippen MR) is 149 cm³/mol. The number of anilines is 1. The lowest BCUT2D eigenvalue weighted by Gasteiger charge is -2.40. The van der Waals surface area contributed by atoms with E-state index in [4.69, 9.17) is 5.11 Å². The number of carbonyl (C=O) groups excluding carboxylic acids is 2. The zero-order valence-corrected chi connectivity index (χ0v) is 22.8. The van der Waals surface area contributed by atoms with Gasteiger partial charge in [0.25, 0.3) is 10.8 Å². The third-order valence-corrected chi connectivity index (χ3v) is 8.27. The lowest BCUT2D eigenvalue weighted by atomic mass is 9.72. The Bertz CT molecular complexity index is 1190. The lowest BCUT2D eigenvalue weighted by Crippen LogP contribution is -2.44. The molecule has 2 saturated carbocycles. The Kier molecular flexibility index (Phi) is 10.1. The van der Waals surface area contributed by atoms with E-state index in [1.807, 2.05) is 17.0 Å². The van der Waals surface area contributed by atoms with Gasteiger partial charge in [0.2, 0.25) is 0 Å². The van der Waals surface area contributed by atoms with Gasteiger partial charge >= 0.3 is 17.7 Å². The topological polar surface area (TPSA) is 139 Å². The summed E-state index contributed by atoms with van der Waals surface area (Å²) < 4.78 is 0. The van der Waals surface area contributed by atoms with Crippen LogP contribution in [0.5, 0.6) is 0 Å². The minimum absolute atomic E-state index is 0.0227. The summed E-state index contributed by atoms with van der Waals surface area (Å²) in [7, 11) is 0. The van der Waals surface area contributed by atoms with Crippen molar-refractivity contribution >= 4 is 29.3 Å². The van der Waals surface area contributed by atoms with E-state index in [0.29, 0.717) is 23.7 Å². The fraction of sp³-hybridized carbons (Fsp3) is 0.500. The number of carboxylic acid groups (broad SMARTS) is 1. The Morgan fingerprint density at radius 1 is 0.900 bits per heavy atom. The number of benzene rings is 2. The predicted octanol–water partition coefficient (Wildman–Crippen LogP) is 5.86. The first kappa shape index (κ1) is 29.0. The van der Waals surface area contributed by atoms with E-state index in [2.05, 4.69) is 10.6 Å². The smallest absolute Gasteiger partial charge is 0.322 e. The number of amides is 3. The number of aliphatic carboxylic acids is 1. The number of rotatable bonds is 10. The van der Waals surface area contributed by atoms with Crippen molar-refractivity contribution in [2.75, 3.05) is 11.9 Å². The van der Waals surface area contributed by atoms with Crippen molar-refractivity contribution in [2.45, 2.75) is 76.8 Å². The van der Waals surface area contributed by atoms with Crippen molar-refractivity contribution in [3.63, 3.8) is 0 Å². The highest BCUT2D eigenvalue weighted by Gasteiger charge is 2.33. The summed E-state index contributed by atoms with van der Waals surface area (Å²) in [5, 5.41) is 23.5. The Balaban J connectivity index is 1.45. The molecule has 0 heterocycles. The lowest BCUT2D eigenvalue weighted by molar-refractivity contribution is -0.729. The average Bonchev–Trinajstić information content (AvgIpc) is 2.96. The molecule has 2 aliphatic rings. The Hall–Kier alpha value is -3.95. The highest BCUT2D eigenvalue weighted by molar-refractivity contribution is 5.94. The Labute approximate surface area is 234 Å². The molecule has 2 aliphatic carbocycles. The van der Waals surface area contributed by atoms with Crippen molar-refractivity contribution in [3.05, 3.63) is 64.6 Å². The van der Waals surface area contributed by atoms with E-state index in [9.17, 15) is 24.5 Å². The number of hydrogen-bond acceptors (Lipinski definition) is 4. The van der Waals surface area contributed by atoms with Crippen molar-refractivity contribution < 1.29 is 29.6 Å². The molecule has 0 atom stereocenters. The molecule has 0 radical (unpaired) electrons. The minimum atomic E-state index is -0.977. The van der Waals surface area contributed by atoms with Gasteiger partial charge in [-0.2, -0.15) is 0 Å². The van der Waals surface area contributed by atoms with Crippen LogP contribution in [0.2, 0.25) is 0 Å². The molecule has 10 nitrogen and oxygen atoms in total. The van der Waals surface area contributed by atoms with E-state index >= 15 is 0 Å². The maximum atomic E-state index is 13.6. The molecule has 2 aromatic rings. The van der Waals surface area contributed by atoms with E-state index < -0.39 is 5.97 Å². The van der Waals surface area contributed by atoms with Crippen LogP contribution in [0.4, 0.5) is 16.2 Å². The third kappa shape index (κ3) is 8.03. The third-order valence-electron chi connectivity index (χ3n) is 8.27. The zero-order valence-electron chi connectivity index (χ0n) is 22.8. The minimum Gasteiger partial charge on any atom is -0.481 e. The van der Waals surface area contributed by atoms with Crippen LogP contribution in [-0.4, -0.2) is 50.6 Å². The second-order valence-electron chi connectivity index (χ2n) is 10.9. The summed E-state index contributed by atoms with van der Waals surface area (Å²) in [6.45, 7) is 0.397. The molecular formula is C30H39N4O6+. The second kappa shape index (κ2) is 13.9. The molecule has 0 bridgehead atoms. The highest BCUT2D eigenvalue weighted by atomic mass is 16.6. The van der Waals surface area contributed by atoms with Crippen molar-refractivity contribution in [1.29, 1.82) is 0 Å². The molecule has 0 spiro atoms.